The van der Waals surface area contributed by atoms with Crippen molar-refractivity contribution in [3.8, 4) is 0 Å². The van der Waals surface area contributed by atoms with Gasteiger partial charge in [-0.1, -0.05) is 6.92 Å². The molecule has 1 aliphatic rings. The number of rotatable bonds is 8. The summed E-state index contributed by atoms with van der Waals surface area (Å²) in [7, 11) is 0. The maximum absolute atomic E-state index is 10.7. The number of carbonyl (C=O) groups is 1. The zero-order valence-corrected chi connectivity index (χ0v) is 11.2. The maximum Gasteiger partial charge on any atom is 0.304 e. The predicted molar refractivity (Wildman–Crippen MR) is 69.3 cm³/mol. The third-order valence-electron chi connectivity index (χ3n) is 3.62. The topological polar surface area (TPSA) is 43.8 Å². The van der Waals surface area contributed by atoms with E-state index in [9.17, 15) is 4.79 Å². The van der Waals surface area contributed by atoms with E-state index in [1.807, 2.05) is 6.92 Å². The maximum atomic E-state index is 10.7. The molecule has 1 rings (SSSR count). The Balaban J connectivity index is 2.18. The molecule has 17 heavy (non-hydrogen) atoms. The third-order valence-corrected chi connectivity index (χ3v) is 3.62. The molecule has 0 aromatic heterocycles. The SMILES string of the molecule is CCN(CCCN1CCCC1)C(C)CC(=O)O. The number of hydrogen-bond acceptors (Lipinski definition) is 3. The average Bonchev–Trinajstić information content (AvgIpc) is 2.76. The second kappa shape index (κ2) is 7.67. The van der Waals surface area contributed by atoms with E-state index >= 15 is 0 Å². The predicted octanol–water partition coefficient (Wildman–Crippen LogP) is 1.66. The Morgan fingerprint density at radius 1 is 1.41 bits per heavy atom. The fraction of sp³-hybridized carbons (Fsp3) is 0.923. The Kier molecular flexibility index (Phi) is 6.52. The van der Waals surface area contributed by atoms with E-state index < -0.39 is 5.97 Å². The molecular formula is C13H26N2O2. The van der Waals surface area contributed by atoms with Gasteiger partial charge in [0, 0.05) is 6.04 Å². The fourth-order valence-electron chi connectivity index (χ4n) is 2.58. The first-order valence-electron chi connectivity index (χ1n) is 6.81. The van der Waals surface area contributed by atoms with E-state index in [1.54, 1.807) is 0 Å². The molecule has 0 radical (unpaired) electrons. The lowest BCUT2D eigenvalue weighted by Gasteiger charge is -2.27. The molecule has 100 valence electrons. The van der Waals surface area contributed by atoms with Gasteiger partial charge in [-0.05, 0) is 58.9 Å². The van der Waals surface area contributed by atoms with Gasteiger partial charge in [-0.25, -0.2) is 0 Å². The van der Waals surface area contributed by atoms with Gasteiger partial charge in [0.1, 0.15) is 0 Å². The summed E-state index contributed by atoms with van der Waals surface area (Å²) in [5, 5.41) is 8.79. The Hall–Kier alpha value is -0.610. The van der Waals surface area contributed by atoms with Crippen LogP contribution in [0, 0.1) is 0 Å². The summed E-state index contributed by atoms with van der Waals surface area (Å²) < 4.78 is 0. The van der Waals surface area contributed by atoms with Crippen LogP contribution in [0.25, 0.3) is 0 Å². The van der Waals surface area contributed by atoms with Gasteiger partial charge in [-0.3, -0.25) is 4.79 Å². The molecule has 1 N–H and O–H groups in total. The highest BCUT2D eigenvalue weighted by Crippen LogP contribution is 2.09. The van der Waals surface area contributed by atoms with Crippen molar-refractivity contribution in [3.63, 3.8) is 0 Å². The molecule has 0 saturated carbocycles. The summed E-state index contributed by atoms with van der Waals surface area (Å²) in [6.45, 7) is 9.72. The summed E-state index contributed by atoms with van der Waals surface area (Å²) in [6, 6.07) is 0.149. The number of hydrogen-bond donors (Lipinski definition) is 1. The summed E-state index contributed by atoms with van der Waals surface area (Å²) in [4.78, 5) is 15.5. The highest BCUT2D eigenvalue weighted by atomic mass is 16.4. The molecule has 4 heteroatoms. The Bertz CT molecular complexity index is 227. The first-order chi connectivity index (χ1) is 8.13. The van der Waals surface area contributed by atoms with Gasteiger partial charge in [0.25, 0.3) is 0 Å². The van der Waals surface area contributed by atoms with Crippen LogP contribution in [0.3, 0.4) is 0 Å². The van der Waals surface area contributed by atoms with Gasteiger partial charge in [-0.15, -0.1) is 0 Å². The highest BCUT2D eigenvalue weighted by molar-refractivity contribution is 5.67. The summed E-state index contributed by atoms with van der Waals surface area (Å²) in [6.07, 6.45) is 4.08. The van der Waals surface area contributed by atoms with Gasteiger partial charge < -0.3 is 14.9 Å². The van der Waals surface area contributed by atoms with Crippen molar-refractivity contribution in [3.05, 3.63) is 0 Å². The molecule has 0 aromatic carbocycles. The monoisotopic (exact) mass is 242 g/mol. The van der Waals surface area contributed by atoms with E-state index in [2.05, 4.69) is 16.7 Å². The zero-order chi connectivity index (χ0) is 12.7. The van der Waals surface area contributed by atoms with Crippen LogP contribution in [0.2, 0.25) is 0 Å². The summed E-state index contributed by atoms with van der Waals surface area (Å²) >= 11 is 0. The number of nitrogens with zero attached hydrogens (tertiary/aromatic N) is 2. The normalized spacial score (nSPS) is 18.8. The second-order valence-corrected chi connectivity index (χ2v) is 4.98. The Morgan fingerprint density at radius 2 is 2.06 bits per heavy atom. The van der Waals surface area contributed by atoms with Crippen molar-refractivity contribution in [2.75, 3.05) is 32.7 Å². The van der Waals surface area contributed by atoms with Crippen molar-refractivity contribution in [2.24, 2.45) is 0 Å². The minimum absolute atomic E-state index is 0.149. The van der Waals surface area contributed by atoms with Crippen LogP contribution in [0.1, 0.15) is 39.5 Å². The molecule has 1 heterocycles. The van der Waals surface area contributed by atoms with E-state index in [-0.39, 0.29) is 12.5 Å². The van der Waals surface area contributed by atoms with E-state index in [4.69, 9.17) is 5.11 Å². The molecule has 0 aliphatic carbocycles. The van der Waals surface area contributed by atoms with Crippen molar-refractivity contribution in [1.82, 2.24) is 9.80 Å². The lowest BCUT2D eigenvalue weighted by atomic mass is 10.2. The van der Waals surface area contributed by atoms with E-state index in [0.29, 0.717) is 0 Å². The molecule has 0 bridgehead atoms. The molecule has 0 spiro atoms. The molecule has 0 aromatic rings. The minimum atomic E-state index is -0.699. The molecule has 1 unspecified atom stereocenters. The lowest BCUT2D eigenvalue weighted by molar-refractivity contribution is -0.138. The first-order valence-corrected chi connectivity index (χ1v) is 6.81. The van der Waals surface area contributed by atoms with Crippen LogP contribution < -0.4 is 0 Å². The highest BCUT2D eigenvalue weighted by Gasteiger charge is 2.16. The largest absolute Gasteiger partial charge is 0.481 e. The van der Waals surface area contributed by atoms with Crippen LogP contribution in [0.4, 0.5) is 0 Å². The average molecular weight is 242 g/mol. The molecule has 1 fully saturated rings. The number of aliphatic carboxylic acids is 1. The summed E-state index contributed by atoms with van der Waals surface area (Å²) in [5.74, 6) is -0.699. The van der Waals surface area contributed by atoms with Gasteiger partial charge in [0.05, 0.1) is 6.42 Å². The van der Waals surface area contributed by atoms with Crippen LogP contribution in [0.5, 0.6) is 0 Å². The Morgan fingerprint density at radius 3 is 2.59 bits per heavy atom. The van der Waals surface area contributed by atoms with Gasteiger partial charge >= 0.3 is 5.97 Å². The van der Waals surface area contributed by atoms with E-state index in [0.717, 1.165) is 26.1 Å². The second-order valence-electron chi connectivity index (χ2n) is 4.98. The van der Waals surface area contributed by atoms with E-state index in [1.165, 1.54) is 25.9 Å². The molecule has 1 atom stereocenters. The van der Waals surface area contributed by atoms with Crippen molar-refractivity contribution in [2.45, 2.75) is 45.6 Å². The van der Waals surface area contributed by atoms with Crippen molar-refractivity contribution < 1.29 is 9.90 Å². The zero-order valence-electron chi connectivity index (χ0n) is 11.2. The molecule has 1 saturated heterocycles. The fourth-order valence-corrected chi connectivity index (χ4v) is 2.58. The van der Waals surface area contributed by atoms with Crippen LogP contribution in [-0.4, -0.2) is 59.6 Å². The smallest absolute Gasteiger partial charge is 0.304 e. The first kappa shape index (κ1) is 14.5. The van der Waals surface area contributed by atoms with Crippen LogP contribution in [-0.2, 0) is 4.79 Å². The number of carboxylic acids is 1. The van der Waals surface area contributed by atoms with Gasteiger partial charge in [0.15, 0.2) is 0 Å². The van der Waals surface area contributed by atoms with Crippen LogP contribution >= 0.6 is 0 Å². The van der Waals surface area contributed by atoms with Crippen LogP contribution in [0.15, 0.2) is 0 Å². The minimum Gasteiger partial charge on any atom is -0.481 e. The standard InChI is InChI=1S/C13H26N2O2/c1-3-15(12(2)11-13(16)17)10-6-9-14-7-4-5-8-14/h12H,3-11H2,1-2H3,(H,16,17). The van der Waals surface area contributed by atoms with Crippen molar-refractivity contribution >= 4 is 5.97 Å². The van der Waals surface area contributed by atoms with Crippen molar-refractivity contribution in [1.29, 1.82) is 0 Å². The van der Waals surface area contributed by atoms with Gasteiger partial charge in [0.2, 0.25) is 0 Å². The van der Waals surface area contributed by atoms with Gasteiger partial charge in [-0.2, -0.15) is 0 Å². The molecule has 0 amide bonds. The number of likely N-dealkylation sites (tertiary alicyclic amines) is 1. The Labute approximate surface area is 105 Å². The molecular weight excluding hydrogens is 216 g/mol. The third kappa shape index (κ3) is 5.50. The molecule has 4 nitrogen and oxygen atoms in total. The number of carboxylic acid groups (broad SMARTS) is 1. The molecule has 1 aliphatic heterocycles. The lowest BCUT2D eigenvalue weighted by Crippen LogP contribution is -2.36. The summed E-state index contributed by atoms with van der Waals surface area (Å²) in [5.41, 5.74) is 0. The quantitative estimate of drug-likeness (QED) is 0.703.